The standard InChI is InChI=1S/C26H31F5N6O4/c1-13(2)21-16(11-33-41-21)22-24(40-22)36-20(14-3-6-25(27,28)7-4-14)17-12-37-18(34-17)9-15(10-32-37)23(39)35-19(38)5-8-26(29,30)31/h9-14,20,22-24,36,39H,3-8H2,1-2H3,(H,35,38)/t20-,22?,23+,24?/m0/s1. The molecule has 0 aromatic carbocycles. The molecule has 1 saturated carbocycles. The number of carbonyl (C=O) groups excluding carboxylic acids is 1. The van der Waals surface area contributed by atoms with Crippen molar-refractivity contribution < 1.29 is 41.1 Å². The van der Waals surface area contributed by atoms with E-state index in [1.54, 1.807) is 12.4 Å². The molecule has 2 unspecified atom stereocenters. The van der Waals surface area contributed by atoms with Crippen molar-refractivity contribution in [3.8, 4) is 0 Å². The average molecular weight is 587 g/mol. The van der Waals surface area contributed by atoms with E-state index in [2.05, 4.69) is 25.9 Å². The number of amides is 1. The van der Waals surface area contributed by atoms with Crippen LogP contribution in [0.15, 0.2) is 29.2 Å². The smallest absolute Gasteiger partial charge is 0.369 e. The van der Waals surface area contributed by atoms with Crippen molar-refractivity contribution in [1.29, 1.82) is 0 Å². The number of aliphatic hydroxyl groups is 1. The van der Waals surface area contributed by atoms with Gasteiger partial charge < -0.3 is 19.7 Å². The van der Waals surface area contributed by atoms with Gasteiger partial charge in [0.25, 0.3) is 0 Å². The van der Waals surface area contributed by atoms with Gasteiger partial charge in [0, 0.05) is 36.3 Å². The first-order valence-corrected chi connectivity index (χ1v) is 13.4. The van der Waals surface area contributed by atoms with E-state index in [1.165, 1.54) is 16.8 Å². The molecule has 5 rings (SSSR count). The van der Waals surface area contributed by atoms with Crippen LogP contribution in [-0.2, 0) is 9.53 Å². The third-order valence-corrected chi connectivity index (χ3v) is 7.45. The third kappa shape index (κ3) is 7.01. The second kappa shape index (κ2) is 11.2. The van der Waals surface area contributed by atoms with Gasteiger partial charge in [0.15, 0.2) is 11.9 Å². The molecular formula is C26H31F5N6O4. The number of carbonyl (C=O) groups is 1. The van der Waals surface area contributed by atoms with Crippen molar-refractivity contribution in [2.45, 2.75) is 95.0 Å². The van der Waals surface area contributed by atoms with Crippen molar-refractivity contribution in [3.63, 3.8) is 0 Å². The predicted octanol–water partition coefficient (Wildman–Crippen LogP) is 4.84. The Morgan fingerprint density at radius 3 is 2.66 bits per heavy atom. The van der Waals surface area contributed by atoms with E-state index < -0.39 is 49.3 Å². The minimum Gasteiger partial charge on any atom is -0.369 e. The zero-order chi connectivity index (χ0) is 29.5. The zero-order valence-electron chi connectivity index (χ0n) is 22.4. The molecule has 1 amide bonds. The van der Waals surface area contributed by atoms with Gasteiger partial charge in [0.05, 0.1) is 36.7 Å². The number of alkyl halides is 5. The molecule has 2 fully saturated rings. The Morgan fingerprint density at radius 1 is 1.24 bits per heavy atom. The van der Waals surface area contributed by atoms with Gasteiger partial charge in [-0.2, -0.15) is 18.3 Å². The topological polar surface area (TPSA) is 130 Å². The van der Waals surface area contributed by atoms with Gasteiger partial charge in [-0.25, -0.2) is 18.3 Å². The molecule has 3 N–H and O–H groups in total. The van der Waals surface area contributed by atoms with Gasteiger partial charge in [-0.05, 0) is 24.8 Å². The van der Waals surface area contributed by atoms with E-state index in [-0.39, 0.29) is 49.2 Å². The summed E-state index contributed by atoms with van der Waals surface area (Å²) in [6, 6.07) is 0.986. The van der Waals surface area contributed by atoms with Crippen LogP contribution in [-0.4, -0.2) is 49.1 Å². The lowest BCUT2D eigenvalue weighted by Gasteiger charge is -2.33. The number of halogens is 5. The second-order valence-corrected chi connectivity index (χ2v) is 11.0. The Bertz CT molecular complexity index is 1370. The summed E-state index contributed by atoms with van der Waals surface area (Å²) < 4.78 is 77.8. The number of aliphatic hydroxyl groups excluding tert-OH is 1. The van der Waals surface area contributed by atoms with E-state index in [9.17, 15) is 31.9 Å². The lowest BCUT2D eigenvalue weighted by Crippen LogP contribution is -2.35. The number of nitrogens with one attached hydrogen (secondary N) is 2. The van der Waals surface area contributed by atoms with Gasteiger partial charge in [0.2, 0.25) is 11.8 Å². The summed E-state index contributed by atoms with van der Waals surface area (Å²) in [6.07, 6.45) is -4.40. The van der Waals surface area contributed by atoms with Crippen molar-refractivity contribution in [1.82, 2.24) is 30.4 Å². The Balaban J connectivity index is 1.33. The number of rotatable bonds is 10. The van der Waals surface area contributed by atoms with E-state index >= 15 is 0 Å². The molecule has 0 radical (unpaired) electrons. The van der Waals surface area contributed by atoms with Gasteiger partial charge in [-0.3, -0.25) is 10.1 Å². The quantitative estimate of drug-likeness (QED) is 0.175. The molecule has 4 heterocycles. The van der Waals surface area contributed by atoms with Crippen LogP contribution >= 0.6 is 0 Å². The maximum absolute atomic E-state index is 14.0. The molecule has 1 aliphatic carbocycles. The molecule has 15 heteroatoms. The van der Waals surface area contributed by atoms with E-state index in [0.29, 0.717) is 17.1 Å². The molecule has 224 valence electrons. The lowest BCUT2D eigenvalue weighted by molar-refractivity contribution is -0.145. The largest absolute Gasteiger partial charge is 0.389 e. The van der Waals surface area contributed by atoms with Gasteiger partial charge in [-0.15, -0.1) is 0 Å². The lowest BCUT2D eigenvalue weighted by atomic mass is 9.81. The Labute approximate surface area is 231 Å². The van der Waals surface area contributed by atoms with Gasteiger partial charge in [-0.1, -0.05) is 19.0 Å². The van der Waals surface area contributed by atoms with Crippen molar-refractivity contribution in [3.05, 3.63) is 47.2 Å². The van der Waals surface area contributed by atoms with E-state index in [1.807, 2.05) is 13.8 Å². The van der Waals surface area contributed by atoms with Crippen LogP contribution < -0.4 is 10.6 Å². The summed E-state index contributed by atoms with van der Waals surface area (Å²) >= 11 is 0. The first-order valence-electron chi connectivity index (χ1n) is 13.4. The minimum absolute atomic E-state index is 0.0946. The third-order valence-electron chi connectivity index (χ3n) is 7.45. The number of nitrogens with zero attached hydrogens (tertiary/aromatic N) is 4. The molecule has 2 aliphatic rings. The van der Waals surface area contributed by atoms with Crippen molar-refractivity contribution >= 4 is 11.6 Å². The molecule has 3 aromatic heterocycles. The fourth-order valence-corrected chi connectivity index (χ4v) is 5.19. The number of imidazole rings is 1. The highest BCUT2D eigenvalue weighted by molar-refractivity contribution is 5.76. The van der Waals surface area contributed by atoms with E-state index in [4.69, 9.17) is 9.26 Å². The second-order valence-electron chi connectivity index (χ2n) is 11.0. The van der Waals surface area contributed by atoms with Crippen LogP contribution in [0.1, 0.15) is 99.2 Å². The molecular weight excluding hydrogens is 555 g/mol. The summed E-state index contributed by atoms with van der Waals surface area (Å²) in [6.45, 7) is 3.95. The van der Waals surface area contributed by atoms with E-state index in [0.717, 1.165) is 5.56 Å². The molecule has 3 aromatic rings. The summed E-state index contributed by atoms with van der Waals surface area (Å²) in [5.41, 5.74) is 1.76. The zero-order valence-corrected chi connectivity index (χ0v) is 22.4. The molecule has 1 saturated heterocycles. The minimum atomic E-state index is -4.49. The number of ether oxygens (including phenoxy) is 1. The van der Waals surface area contributed by atoms with Crippen LogP contribution in [0.5, 0.6) is 0 Å². The predicted molar refractivity (Wildman–Crippen MR) is 132 cm³/mol. The van der Waals surface area contributed by atoms with Crippen LogP contribution in [0.3, 0.4) is 0 Å². The number of hydrogen-bond acceptors (Lipinski definition) is 8. The maximum Gasteiger partial charge on any atom is 0.389 e. The Hall–Kier alpha value is -3.17. The fourth-order valence-electron chi connectivity index (χ4n) is 5.19. The van der Waals surface area contributed by atoms with Crippen LogP contribution in [0.25, 0.3) is 5.65 Å². The fraction of sp³-hybridized carbons (Fsp3) is 0.615. The van der Waals surface area contributed by atoms with Crippen LogP contribution in [0.2, 0.25) is 0 Å². The Kier molecular flexibility index (Phi) is 8.05. The number of fused-ring (bicyclic) bond motifs is 1. The maximum atomic E-state index is 14.0. The normalized spacial score (nSPS) is 22.7. The summed E-state index contributed by atoms with van der Waals surface area (Å²) in [7, 11) is 0. The summed E-state index contributed by atoms with van der Waals surface area (Å²) in [5.74, 6) is -3.05. The molecule has 0 spiro atoms. The number of hydrogen-bond donors (Lipinski definition) is 3. The first kappa shape index (κ1) is 29.3. The van der Waals surface area contributed by atoms with Crippen molar-refractivity contribution in [2.75, 3.05) is 0 Å². The van der Waals surface area contributed by atoms with Crippen molar-refractivity contribution in [2.24, 2.45) is 5.92 Å². The molecule has 0 bridgehead atoms. The highest BCUT2D eigenvalue weighted by Gasteiger charge is 2.47. The van der Waals surface area contributed by atoms with Gasteiger partial charge >= 0.3 is 6.18 Å². The van der Waals surface area contributed by atoms with Gasteiger partial charge in [0.1, 0.15) is 18.1 Å². The Morgan fingerprint density at radius 2 is 1.98 bits per heavy atom. The first-order chi connectivity index (χ1) is 19.3. The molecule has 4 atom stereocenters. The van der Waals surface area contributed by atoms with Crippen LogP contribution in [0, 0.1) is 5.92 Å². The summed E-state index contributed by atoms with van der Waals surface area (Å²) in [4.78, 5) is 16.5. The monoisotopic (exact) mass is 586 g/mol. The molecule has 10 nitrogen and oxygen atoms in total. The number of aromatic nitrogens is 4. The SMILES string of the molecule is CC(C)c1oncc1C1OC1N[C@H](c1cn2ncc([C@@H](O)NC(=O)CCC(F)(F)F)cc2n1)C1CCC(F)(F)CC1. The average Bonchev–Trinajstić information content (AvgIpc) is 3.29. The molecule has 41 heavy (non-hydrogen) atoms. The number of epoxide rings is 1. The highest BCUT2D eigenvalue weighted by Crippen LogP contribution is 2.45. The molecule has 1 aliphatic heterocycles. The van der Waals surface area contributed by atoms with Crippen LogP contribution in [0.4, 0.5) is 22.0 Å². The summed E-state index contributed by atoms with van der Waals surface area (Å²) in [5, 5.41) is 24.0. The highest BCUT2D eigenvalue weighted by atomic mass is 19.4.